The Morgan fingerprint density at radius 1 is 1.08 bits per heavy atom. The molecule has 0 N–H and O–H groups in total. The Kier molecular flexibility index (Phi) is 4.31. The minimum Gasteiger partial charge on any atom is -0.379 e. The lowest BCUT2D eigenvalue weighted by Gasteiger charge is -2.25. The molecule has 7 heteroatoms. The van der Waals surface area contributed by atoms with Crippen LogP contribution in [0.1, 0.15) is 32.2 Å². The van der Waals surface area contributed by atoms with E-state index >= 15 is 0 Å². The maximum atomic E-state index is 5.40. The normalized spacial score (nSPS) is 16.6. The van der Waals surface area contributed by atoms with Gasteiger partial charge in [-0.25, -0.2) is 0 Å². The Hall–Kier alpha value is -1.83. The Balaban J connectivity index is 1.59. The van der Waals surface area contributed by atoms with Crippen LogP contribution < -0.4 is 0 Å². The molecular formula is C18H23N5OS. The van der Waals surface area contributed by atoms with Crippen molar-refractivity contribution in [1.82, 2.24) is 24.7 Å². The highest BCUT2D eigenvalue weighted by Crippen LogP contribution is 2.29. The second-order valence-corrected chi connectivity index (χ2v) is 8.39. The van der Waals surface area contributed by atoms with Crippen LogP contribution in [0.3, 0.4) is 0 Å². The number of ether oxygens (including phenoxy) is 1. The van der Waals surface area contributed by atoms with Gasteiger partial charge < -0.3 is 4.74 Å². The molecule has 0 saturated carbocycles. The zero-order valence-corrected chi connectivity index (χ0v) is 15.7. The fraction of sp³-hybridized carbons (Fsp3) is 0.500. The molecule has 0 aliphatic carbocycles. The maximum Gasteiger partial charge on any atom is 0.235 e. The SMILES string of the molecule is CC(C)(C)c1ccc(-c2nn3c(CN4CCOCC4)nnc3s2)cc1. The smallest absolute Gasteiger partial charge is 0.235 e. The third kappa shape index (κ3) is 3.44. The topological polar surface area (TPSA) is 55.5 Å². The first-order valence-corrected chi connectivity index (χ1v) is 9.44. The highest BCUT2D eigenvalue weighted by Gasteiger charge is 2.18. The van der Waals surface area contributed by atoms with E-state index in [2.05, 4.69) is 60.1 Å². The van der Waals surface area contributed by atoms with Crippen LogP contribution in [0.25, 0.3) is 15.5 Å². The van der Waals surface area contributed by atoms with Crippen molar-refractivity contribution in [3.8, 4) is 10.6 Å². The summed E-state index contributed by atoms with van der Waals surface area (Å²) in [4.78, 5) is 3.18. The Bertz CT molecular complexity index is 856. The molecule has 0 bridgehead atoms. The average Bonchev–Trinajstić information content (AvgIpc) is 3.17. The summed E-state index contributed by atoms with van der Waals surface area (Å²) in [6.45, 7) is 10.9. The van der Waals surface area contributed by atoms with Crippen molar-refractivity contribution in [2.24, 2.45) is 0 Å². The number of hydrogen-bond donors (Lipinski definition) is 0. The van der Waals surface area contributed by atoms with Crippen molar-refractivity contribution in [2.45, 2.75) is 32.7 Å². The lowest BCUT2D eigenvalue weighted by Crippen LogP contribution is -2.36. The van der Waals surface area contributed by atoms with Crippen molar-refractivity contribution in [3.63, 3.8) is 0 Å². The van der Waals surface area contributed by atoms with E-state index < -0.39 is 0 Å². The third-order valence-electron chi connectivity index (χ3n) is 4.52. The van der Waals surface area contributed by atoms with Crippen molar-refractivity contribution in [1.29, 1.82) is 0 Å². The van der Waals surface area contributed by atoms with Gasteiger partial charge in [0.2, 0.25) is 4.96 Å². The second-order valence-electron chi connectivity index (χ2n) is 7.43. The fourth-order valence-corrected chi connectivity index (χ4v) is 3.81. The minimum atomic E-state index is 0.158. The van der Waals surface area contributed by atoms with Gasteiger partial charge in [0.1, 0.15) is 5.01 Å². The van der Waals surface area contributed by atoms with Crippen LogP contribution in [-0.4, -0.2) is 51.0 Å². The molecule has 2 aromatic heterocycles. The third-order valence-corrected chi connectivity index (χ3v) is 5.47. The van der Waals surface area contributed by atoms with Crippen LogP contribution in [0.5, 0.6) is 0 Å². The van der Waals surface area contributed by atoms with E-state index in [1.54, 1.807) is 11.3 Å². The summed E-state index contributed by atoms with van der Waals surface area (Å²) in [6.07, 6.45) is 0. The fourth-order valence-electron chi connectivity index (χ4n) is 2.94. The summed E-state index contributed by atoms with van der Waals surface area (Å²) < 4.78 is 7.29. The molecule has 4 rings (SSSR count). The van der Waals surface area contributed by atoms with Crippen LogP contribution >= 0.6 is 11.3 Å². The average molecular weight is 357 g/mol. The molecule has 0 radical (unpaired) electrons. The van der Waals surface area contributed by atoms with Gasteiger partial charge in [-0.2, -0.15) is 9.61 Å². The van der Waals surface area contributed by atoms with E-state index in [1.165, 1.54) is 5.56 Å². The predicted octanol–water partition coefficient (Wildman–Crippen LogP) is 2.98. The highest BCUT2D eigenvalue weighted by molar-refractivity contribution is 7.19. The summed E-state index contributed by atoms with van der Waals surface area (Å²) in [6, 6.07) is 8.67. The van der Waals surface area contributed by atoms with Crippen LogP contribution in [0.2, 0.25) is 0 Å². The quantitative estimate of drug-likeness (QED) is 0.721. The van der Waals surface area contributed by atoms with Gasteiger partial charge in [0.05, 0.1) is 19.8 Å². The van der Waals surface area contributed by atoms with Gasteiger partial charge >= 0.3 is 0 Å². The zero-order chi connectivity index (χ0) is 17.4. The first-order chi connectivity index (χ1) is 12.0. The van der Waals surface area contributed by atoms with Gasteiger partial charge in [-0.15, -0.1) is 10.2 Å². The maximum absolute atomic E-state index is 5.40. The molecule has 25 heavy (non-hydrogen) atoms. The second kappa shape index (κ2) is 6.48. The van der Waals surface area contributed by atoms with Crippen LogP contribution in [0, 0.1) is 0 Å². The monoisotopic (exact) mass is 357 g/mol. The van der Waals surface area contributed by atoms with E-state index in [-0.39, 0.29) is 5.41 Å². The van der Waals surface area contributed by atoms with E-state index in [9.17, 15) is 0 Å². The molecular weight excluding hydrogens is 334 g/mol. The summed E-state index contributed by atoms with van der Waals surface area (Å²) in [5.41, 5.74) is 2.61. The van der Waals surface area contributed by atoms with Crippen molar-refractivity contribution in [2.75, 3.05) is 26.3 Å². The van der Waals surface area contributed by atoms with Crippen molar-refractivity contribution in [3.05, 3.63) is 35.7 Å². The van der Waals surface area contributed by atoms with Gasteiger partial charge in [-0.05, 0) is 11.0 Å². The van der Waals surface area contributed by atoms with Crippen LogP contribution in [0.4, 0.5) is 0 Å². The van der Waals surface area contributed by atoms with E-state index in [4.69, 9.17) is 9.84 Å². The number of hydrogen-bond acceptors (Lipinski definition) is 6. The molecule has 3 aromatic rings. The number of rotatable bonds is 3. The van der Waals surface area contributed by atoms with Crippen LogP contribution in [-0.2, 0) is 16.7 Å². The summed E-state index contributed by atoms with van der Waals surface area (Å²) in [5.74, 6) is 0.894. The largest absolute Gasteiger partial charge is 0.379 e. The number of aromatic nitrogens is 4. The number of fused-ring (bicyclic) bond motifs is 1. The van der Waals surface area contributed by atoms with Crippen LogP contribution in [0.15, 0.2) is 24.3 Å². The Morgan fingerprint density at radius 3 is 2.48 bits per heavy atom. The molecule has 0 amide bonds. The summed E-state index contributed by atoms with van der Waals surface area (Å²) >= 11 is 1.58. The Morgan fingerprint density at radius 2 is 1.80 bits per heavy atom. The van der Waals surface area contributed by atoms with Gasteiger partial charge in [0, 0.05) is 18.7 Å². The van der Waals surface area contributed by atoms with Gasteiger partial charge in [0.25, 0.3) is 0 Å². The molecule has 132 valence electrons. The molecule has 1 fully saturated rings. The van der Waals surface area contributed by atoms with E-state index in [0.717, 1.165) is 54.2 Å². The molecule has 3 heterocycles. The van der Waals surface area contributed by atoms with E-state index in [1.807, 2.05) is 4.52 Å². The Labute approximate surface area is 151 Å². The number of benzene rings is 1. The lowest BCUT2D eigenvalue weighted by molar-refractivity contribution is 0.0328. The van der Waals surface area contributed by atoms with Gasteiger partial charge in [-0.1, -0.05) is 56.4 Å². The zero-order valence-electron chi connectivity index (χ0n) is 14.9. The first kappa shape index (κ1) is 16.6. The molecule has 6 nitrogen and oxygen atoms in total. The summed E-state index contributed by atoms with van der Waals surface area (Å²) in [5, 5.41) is 14.3. The van der Waals surface area contributed by atoms with Gasteiger partial charge in [0.15, 0.2) is 5.82 Å². The summed E-state index contributed by atoms with van der Waals surface area (Å²) in [7, 11) is 0. The number of morpholine rings is 1. The lowest BCUT2D eigenvalue weighted by atomic mass is 9.87. The van der Waals surface area contributed by atoms with Gasteiger partial charge in [-0.3, -0.25) is 4.90 Å². The predicted molar refractivity (Wildman–Crippen MR) is 98.9 cm³/mol. The molecule has 1 saturated heterocycles. The van der Waals surface area contributed by atoms with Crippen molar-refractivity contribution < 1.29 is 4.74 Å². The number of nitrogens with zero attached hydrogens (tertiary/aromatic N) is 5. The van der Waals surface area contributed by atoms with E-state index in [0.29, 0.717) is 0 Å². The standard InChI is InChI=1S/C18H23N5OS/c1-18(2,3)14-6-4-13(5-7-14)16-21-23-15(19-20-17(23)25-16)12-22-8-10-24-11-9-22/h4-7H,8-12H2,1-3H3. The molecule has 0 spiro atoms. The molecule has 0 atom stereocenters. The minimum absolute atomic E-state index is 0.158. The first-order valence-electron chi connectivity index (χ1n) is 8.63. The van der Waals surface area contributed by atoms with Crippen molar-refractivity contribution >= 4 is 16.3 Å². The highest BCUT2D eigenvalue weighted by atomic mass is 32.1. The molecule has 0 unspecified atom stereocenters. The molecule has 1 aliphatic rings. The molecule has 1 aromatic carbocycles. The molecule has 1 aliphatic heterocycles.